The second kappa shape index (κ2) is 14.3. The molecule has 1 N–H and O–H groups in total. The van der Waals surface area contributed by atoms with Crippen LogP contribution in [0.5, 0.6) is 5.75 Å². The zero-order valence-electron chi connectivity index (χ0n) is 28.8. The highest BCUT2D eigenvalue weighted by atomic mass is 19.4. The van der Waals surface area contributed by atoms with Crippen LogP contribution in [0, 0.1) is 5.92 Å². The van der Waals surface area contributed by atoms with E-state index in [9.17, 15) is 18.0 Å². The second-order valence-electron chi connectivity index (χ2n) is 14.3. The number of nitrogens with zero attached hydrogens (tertiary/aromatic N) is 3. The fraction of sp³-hybridized carbons (Fsp3) is 0.450. The maximum absolute atomic E-state index is 14.7. The van der Waals surface area contributed by atoms with Crippen molar-refractivity contribution in [3.05, 3.63) is 95.1 Å². The number of nitrogens with one attached hydrogen (secondary N) is 1. The van der Waals surface area contributed by atoms with Crippen molar-refractivity contribution >= 4 is 16.8 Å². The number of hydrogen-bond acceptors (Lipinski definition) is 6. The van der Waals surface area contributed by atoms with E-state index in [1.165, 1.54) is 12.1 Å². The van der Waals surface area contributed by atoms with Crippen LogP contribution in [0.1, 0.15) is 66.6 Å². The number of amides is 1. The molecule has 3 fully saturated rings. The van der Waals surface area contributed by atoms with Crippen molar-refractivity contribution < 1.29 is 27.4 Å². The zero-order chi connectivity index (χ0) is 34.9. The van der Waals surface area contributed by atoms with Gasteiger partial charge >= 0.3 is 6.18 Å². The molecule has 4 aromatic rings. The number of aromatic nitrogens is 1. The summed E-state index contributed by atoms with van der Waals surface area (Å²) < 4.78 is 55.5. The first-order chi connectivity index (χ1) is 24.1. The molecule has 264 valence electrons. The number of carbonyl (C=O) groups excluding carboxylic acids is 1. The minimum absolute atomic E-state index is 0.0353. The number of pyridine rings is 1. The Morgan fingerprint density at radius 3 is 2.36 bits per heavy atom. The van der Waals surface area contributed by atoms with Gasteiger partial charge in [-0.05, 0) is 68.5 Å². The van der Waals surface area contributed by atoms with E-state index in [1.54, 1.807) is 12.1 Å². The average Bonchev–Trinajstić information content (AvgIpc) is 3.91. The summed E-state index contributed by atoms with van der Waals surface area (Å²) >= 11 is 0. The molecule has 0 unspecified atom stereocenters. The third-order valence-corrected chi connectivity index (χ3v) is 10.3. The van der Waals surface area contributed by atoms with Gasteiger partial charge in [0.15, 0.2) is 0 Å². The molecule has 50 heavy (non-hydrogen) atoms. The molecule has 0 spiro atoms. The first-order valence-electron chi connectivity index (χ1n) is 17.8. The summed E-state index contributed by atoms with van der Waals surface area (Å²) in [6, 6.07) is 21.3. The Labute approximate surface area is 291 Å². The second-order valence-corrected chi connectivity index (χ2v) is 14.3. The third kappa shape index (κ3) is 7.38. The van der Waals surface area contributed by atoms with Crippen LogP contribution in [0.15, 0.2) is 72.8 Å². The lowest BCUT2D eigenvalue weighted by Crippen LogP contribution is -2.48. The minimum Gasteiger partial charge on any atom is -0.493 e. The fourth-order valence-electron chi connectivity index (χ4n) is 7.47. The van der Waals surface area contributed by atoms with E-state index in [2.05, 4.69) is 15.1 Å². The van der Waals surface area contributed by atoms with E-state index in [0.717, 1.165) is 76.7 Å². The van der Waals surface area contributed by atoms with Gasteiger partial charge in [0.05, 0.1) is 47.7 Å². The van der Waals surface area contributed by atoms with Gasteiger partial charge in [0, 0.05) is 48.3 Å². The number of alkyl halides is 3. The Hall–Kier alpha value is -3.99. The molecule has 1 aromatic heterocycles. The van der Waals surface area contributed by atoms with Gasteiger partial charge in [-0.15, -0.1) is 0 Å². The molecule has 2 saturated heterocycles. The molecular formula is C40H45F3N4O3. The van der Waals surface area contributed by atoms with Gasteiger partial charge in [-0.25, -0.2) is 4.98 Å². The van der Waals surface area contributed by atoms with Crippen molar-refractivity contribution in [1.82, 2.24) is 20.1 Å². The summed E-state index contributed by atoms with van der Waals surface area (Å²) in [5.41, 5.74) is 1.16. The van der Waals surface area contributed by atoms with Crippen LogP contribution in [-0.4, -0.2) is 72.7 Å². The van der Waals surface area contributed by atoms with Crippen LogP contribution in [0.3, 0.4) is 0 Å². The Bertz CT molecular complexity index is 1810. The fourth-order valence-corrected chi connectivity index (χ4v) is 7.47. The van der Waals surface area contributed by atoms with Crippen molar-refractivity contribution in [1.29, 1.82) is 0 Å². The van der Waals surface area contributed by atoms with E-state index in [0.29, 0.717) is 47.0 Å². The maximum atomic E-state index is 14.7. The Balaban J connectivity index is 1.35. The zero-order valence-corrected chi connectivity index (χ0v) is 28.8. The number of likely N-dealkylation sites (tertiary alicyclic amines) is 1. The molecule has 7 nitrogen and oxygen atoms in total. The van der Waals surface area contributed by atoms with Crippen LogP contribution in [0.4, 0.5) is 13.2 Å². The van der Waals surface area contributed by atoms with E-state index in [1.807, 2.05) is 56.3 Å². The highest BCUT2D eigenvalue weighted by molar-refractivity contribution is 6.09. The van der Waals surface area contributed by atoms with Crippen LogP contribution in [0.2, 0.25) is 0 Å². The lowest BCUT2D eigenvalue weighted by molar-refractivity contribution is -0.137. The van der Waals surface area contributed by atoms with Crippen LogP contribution in [0.25, 0.3) is 22.2 Å². The molecule has 2 aliphatic heterocycles. The normalized spacial score (nSPS) is 18.8. The summed E-state index contributed by atoms with van der Waals surface area (Å²) in [7, 11) is 0. The Morgan fingerprint density at radius 1 is 0.980 bits per heavy atom. The van der Waals surface area contributed by atoms with Gasteiger partial charge in [-0.1, -0.05) is 62.4 Å². The molecule has 0 radical (unpaired) electrons. The van der Waals surface area contributed by atoms with E-state index >= 15 is 0 Å². The van der Waals surface area contributed by atoms with E-state index in [4.69, 9.17) is 14.5 Å². The van der Waals surface area contributed by atoms with Gasteiger partial charge in [-0.3, -0.25) is 14.6 Å². The molecule has 1 amide bonds. The number of piperidine rings is 1. The number of ether oxygens (including phenoxy) is 2. The molecule has 0 atom stereocenters. The molecule has 3 aliphatic rings. The molecular weight excluding hydrogens is 641 g/mol. The molecule has 3 aromatic carbocycles. The van der Waals surface area contributed by atoms with E-state index in [-0.39, 0.29) is 23.1 Å². The predicted molar refractivity (Wildman–Crippen MR) is 188 cm³/mol. The van der Waals surface area contributed by atoms with Gasteiger partial charge in [0.25, 0.3) is 5.91 Å². The van der Waals surface area contributed by atoms with Crippen molar-refractivity contribution in [3.63, 3.8) is 0 Å². The molecule has 1 aliphatic carbocycles. The quantitative estimate of drug-likeness (QED) is 0.185. The SMILES string of the molecule is CC(C)COc1ccc2c(C(=O)NC3(c4ccccc4)CC3)c(CN3CCC(N4CCOCC4)CC3)c(-c3ccccc3C(F)(F)F)nc2c1. The molecule has 0 bridgehead atoms. The van der Waals surface area contributed by atoms with Gasteiger partial charge < -0.3 is 14.8 Å². The third-order valence-electron chi connectivity index (χ3n) is 10.3. The first kappa shape index (κ1) is 34.5. The topological polar surface area (TPSA) is 66.9 Å². The molecule has 1 saturated carbocycles. The summed E-state index contributed by atoms with van der Waals surface area (Å²) in [6.07, 6.45) is -1.17. The first-order valence-corrected chi connectivity index (χ1v) is 17.8. The standard InChI is InChI=1S/C40H45F3N4O3/c1-27(2)26-50-30-12-13-32-35(24-30)44-37(31-10-6-7-11-34(31)40(41,42)43)33(25-46-18-14-29(15-19-46)47-20-22-49-23-21-47)36(32)38(48)45-39(16-17-39)28-8-4-3-5-9-28/h3-13,24,27,29H,14-23,25-26H2,1-2H3,(H,45,48). The monoisotopic (exact) mass is 686 g/mol. The number of carbonyl (C=O) groups is 1. The predicted octanol–water partition coefficient (Wildman–Crippen LogP) is 7.67. The average molecular weight is 687 g/mol. The Morgan fingerprint density at radius 2 is 1.68 bits per heavy atom. The summed E-state index contributed by atoms with van der Waals surface area (Å²) in [6.45, 7) is 9.68. The highest BCUT2D eigenvalue weighted by Crippen LogP contribution is 2.46. The van der Waals surface area contributed by atoms with Gasteiger partial charge in [0.1, 0.15) is 5.75 Å². The number of rotatable bonds is 10. The number of benzene rings is 3. The highest BCUT2D eigenvalue weighted by Gasteiger charge is 2.46. The van der Waals surface area contributed by atoms with Gasteiger partial charge in [-0.2, -0.15) is 13.2 Å². The number of morpholine rings is 1. The largest absolute Gasteiger partial charge is 0.493 e. The minimum atomic E-state index is -4.61. The number of halogens is 3. The van der Waals surface area contributed by atoms with Crippen LogP contribution in [-0.2, 0) is 23.0 Å². The molecule has 3 heterocycles. The Kier molecular flexibility index (Phi) is 9.87. The van der Waals surface area contributed by atoms with Crippen LogP contribution < -0.4 is 10.1 Å². The lowest BCUT2D eigenvalue weighted by Gasteiger charge is -2.40. The van der Waals surface area contributed by atoms with Crippen LogP contribution >= 0.6 is 0 Å². The smallest absolute Gasteiger partial charge is 0.417 e. The maximum Gasteiger partial charge on any atom is 0.417 e. The summed E-state index contributed by atoms with van der Waals surface area (Å²) in [5.74, 6) is 0.524. The lowest BCUT2D eigenvalue weighted by atomic mass is 9.92. The van der Waals surface area contributed by atoms with Crippen molar-refractivity contribution in [2.75, 3.05) is 46.0 Å². The van der Waals surface area contributed by atoms with Crippen molar-refractivity contribution in [2.24, 2.45) is 5.92 Å². The van der Waals surface area contributed by atoms with Gasteiger partial charge in [0.2, 0.25) is 0 Å². The molecule has 7 rings (SSSR count). The number of hydrogen-bond donors (Lipinski definition) is 1. The summed E-state index contributed by atoms with van der Waals surface area (Å²) in [5, 5.41) is 3.93. The van der Waals surface area contributed by atoms with Crippen molar-refractivity contribution in [3.8, 4) is 17.0 Å². The molecule has 10 heteroatoms. The van der Waals surface area contributed by atoms with E-state index < -0.39 is 17.3 Å². The number of fused-ring (bicyclic) bond motifs is 1. The van der Waals surface area contributed by atoms with Crippen molar-refractivity contribution in [2.45, 2.75) is 63.8 Å². The summed E-state index contributed by atoms with van der Waals surface area (Å²) in [4.78, 5) is 24.5.